The molecule has 0 aromatic carbocycles. The number of nitrogen functional groups attached to an aromatic ring is 1. The molecule has 4 N–H and O–H groups in total. The van der Waals surface area contributed by atoms with Gasteiger partial charge in [-0.15, -0.1) is 0 Å². The van der Waals surface area contributed by atoms with Crippen LogP contribution in [0.15, 0.2) is 18.5 Å². The normalized spacial score (nSPS) is 10.3. The third kappa shape index (κ3) is 2.70. The van der Waals surface area contributed by atoms with E-state index in [1.165, 1.54) is 0 Å². The summed E-state index contributed by atoms with van der Waals surface area (Å²) in [5.74, 6) is 7.36. The first-order valence-corrected chi connectivity index (χ1v) is 5.31. The maximum atomic E-state index is 5.36. The zero-order chi connectivity index (χ0) is 12.3. The van der Waals surface area contributed by atoms with Gasteiger partial charge in [-0.25, -0.2) is 15.8 Å². The highest BCUT2D eigenvalue weighted by Crippen LogP contribution is 2.16. The Bertz CT molecular complexity index is 483. The number of rotatable bonds is 4. The molecule has 7 heteroatoms. The van der Waals surface area contributed by atoms with Crippen LogP contribution in [-0.2, 0) is 13.5 Å². The van der Waals surface area contributed by atoms with Crippen LogP contribution in [-0.4, -0.2) is 19.7 Å². The van der Waals surface area contributed by atoms with Crippen molar-refractivity contribution in [3.63, 3.8) is 0 Å². The lowest BCUT2D eigenvalue weighted by Gasteiger charge is -2.07. The zero-order valence-corrected chi connectivity index (χ0v) is 9.81. The van der Waals surface area contributed by atoms with Crippen LogP contribution in [0.4, 0.5) is 17.3 Å². The summed E-state index contributed by atoms with van der Waals surface area (Å²) in [7, 11) is 1.86. The monoisotopic (exact) mass is 233 g/mol. The Morgan fingerprint density at radius 2 is 2.12 bits per heavy atom. The van der Waals surface area contributed by atoms with Gasteiger partial charge in [0.25, 0.3) is 0 Å². The molecule has 17 heavy (non-hydrogen) atoms. The molecule has 0 spiro atoms. The van der Waals surface area contributed by atoms with Crippen LogP contribution >= 0.6 is 0 Å². The highest BCUT2D eigenvalue weighted by atomic mass is 15.3. The van der Waals surface area contributed by atoms with E-state index in [-0.39, 0.29) is 0 Å². The van der Waals surface area contributed by atoms with Crippen LogP contribution in [0.25, 0.3) is 0 Å². The summed E-state index contributed by atoms with van der Waals surface area (Å²) in [5.41, 5.74) is 3.39. The summed E-state index contributed by atoms with van der Waals surface area (Å²) in [6.45, 7) is 1.99. The van der Waals surface area contributed by atoms with Crippen molar-refractivity contribution in [2.24, 2.45) is 12.9 Å². The Labute approximate surface area is 99.0 Å². The molecule has 0 saturated carbocycles. The first kappa shape index (κ1) is 11.3. The minimum absolute atomic E-state index is 0.586. The second kappa shape index (κ2) is 4.79. The smallest absolute Gasteiger partial charge is 0.145 e. The van der Waals surface area contributed by atoms with Gasteiger partial charge in [-0.2, -0.15) is 5.10 Å². The van der Waals surface area contributed by atoms with Gasteiger partial charge in [0.15, 0.2) is 0 Å². The SMILES string of the molecule is CCc1nc(NN)cc(Nc2cnn(C)c2)n1. The summed E-state index contributed by atoms with van der Waals surface area (Å²) in [5, 5.41) is 7.21. The predicted molar refractivity (Wildman–Crippen MR) is 65.7 cm³/mol. The number of aryl methyl sites for hydroxylation is 2. The van der Waals surface area contributed by atoms with Gasteiger partial charge >= 0.3 is 0 Å². The van der Waals surface area contributed by atoms with E-state index in [1.807, 2.05) is 20.2 Å². The molecular formula is C10H15N7. The van der Waals surface area contributed by atoms with E-state index in [2.05, 4.69) is 25.8 Å². The van der Waals surface area contributed by atoms with Gasteiger partial charge in [0.1, 0.15) is 17.5 Å². The molecule has 0 atom stereocenters. The van der Waals surface area contributed by atoms with Crippen LogP contribution in [0.2, 0.25) is 0 Å². The van der Waals surface area contributed by atoms with Crippen molar-refractivity contribution in [1.82, 2.24) is 19.7 Å². The van der Waals surface area contributed by atoms with Gasteiger partial charge in [0.2, 0.25) is 0 Å². The fourth-order valence-corrected chi connectivity index (χ4v) is 1.43. The van der Waals surface area contributed by atoms with Crippen LogP contribution in [0.1, 0.15) is 12.7 Å². The average Bonchev–Trinajstić information content (AvgIpc) is 2.74. The predicted octanol–water partition coefficient (Wildman–Crippen LogP) is 0.802. The van der Waals surface area contributed by atoms with Crippen molar-refractivity contribution >= 4 is 17.3 Å². The molecule has 0 amide bonds. The molecule has 7 nitrogen and oxygen atoms in total. The molecule has 2 aromatic rings. The maximum absolute atomic E-state index is 5.36. The molecule has 0 aliphatic carbocycles. The second-order valence-electron chi connectivity index (χ2n) is 3.58. The molecule has 90 valence electrons. The molecule has 0 aliphatic heterocycles. The lowest BCUT2D eigenvalue weighted by atomic mass is 10.4. The van der Waals surface area contributed by atoms with Crippen molar-refractivity contribution in [1.29, 1.82) is 0 Å². The van der Waals surface area contributed by atoms with E-state index in [0.29, 0.717) is 11.6 Å². The van der Waals surface area contributed by atoms with Crippen molar-refractivity contribution in [2.45, 2.75) is 13.3 Å². The molecule has 2 aromatic heterocycles. The fraction of sp³-hybridized carbons (Fsp3) is 0.300. The van der Waals surface area contributed by atoms with E-state index in [9.17, 15) is 0 Å². The Balaban J connectivity index is 2.25. The number of anilines is 3. The lowest BCUT2D eigenvalue weighted by Crippen LogP contribution is -2.11. The topological polar surface area (TPSA) is 93.7 Å². The van der Waals surface area contributed by atoms with E-state index in [1.54, 1.807) is 16.9 Å². The maximum Gasteiger partial charge on any atom is 0.145 e. The van der Waals surface area contributed by atoms with Crippen LogP contribution in [0.5, 0.6) is 0 Å². The Hall–Kier alpha value is -2.15. The van der Waals surface area contributed by atoms with Gasteiger partial charge in [0, 0.05) is 25.7 Å². The number of nitrogens with two attached hydrogens (primary N) is 1. The number of hydrazine groups is 1. The average molecular weight is 233 g/mol. The minimum atomic E-state index is 0.586. The number of aromatic nitrogens is 4. The first-order valence-electron chi connectivity index (χ1n) is 5.31. The Morgan fingerprint density at radius 1 is 1.35 bits per heavy atom. The third-order valence-corrected chi connectivity index (χ3v) is 2.21. The Kier molecular flexibility index (Phi) is 3.20. The number of nitrogens with zero attached hydrogens (tertiary/aromatic N) is 4. The van der Waals surface area contributed by atoms with E-state index < -0.39 is 0 Å². The van der Waals surface area contributed by atoms with Gasteiger partial charge in [0.05, 0.1) is 11.9 Å². The summed E-state index contributed by atoms with van der Waals surface area (Å²) >= 11 is 0. The van der Waals surface area contributed by atoms with E-state index in [4.69, 9.17) is 5.84 Å². The molecule has 0 radical (unpaired) electrons. The highest BCUT2D eigenvalue weighted by Gasteiger charge is 2.04. The van der Waals surface area contributed by atoms with Crippen LogP contribution < -0.4 is 16.6 Å². The van der Waals surface area contributed by atoms with E-state index in [0.717, 1.165) is 17.9 Å². The molecule has 0 unspecified atom stereocenters. The molecule has 2 rings (SSSR count). The largest absolute Gasteiger partial charge is 0.337 e. The van der Waals surface area contributed by atoms with Crippen LogP contribution in [0.3, 0.4) is 0 Å². The highest BCUT2D eigenvalue weighted by molar-refractivity contribution is 5.57. The standard InChI is InChI=1S/C10H15N7/c1-3-8-14-9(4-10(15-8)16-11)13-7-5-12-17(2)6-7/h4-6H,3,11H2,1-2H3,(H2,13,14,15,16). The molecule has 0 bridgehead atoms. The lowest BCUT2D eigenvalue weighted by molar-refractivity contribution is 0.768. The van der Waals surface area contributed by atoms with E-state index >= 15 is 0 Å². The molecular weight excluding hydrogens is 218 g/mol. The van der Waals surface area contributed by atoms with Gasteiger partial charge < -0.3 is 10.7 Å². The van der Waals surface area contributed by atoms with Crippen molar-refractivity contribution in [2.75, 3.05) is 10.7 Å². The summed E-state index contributed by atoms with van der Waals surface area (Å²) in [6, 6.07) is 1.74. The van der Waals surface area contributed by atoms with Crippen molar-refractivity contribution in [3.05, 3.63) is 24.3 Å². The van der Waals surface area contributed by atoms with Gasteiger partial charge in [-0.3, -0.25) is 4.68 Å². The minimum Gasteiger partial charge on any atom is -0.337 e. The molecule has 0 aliphatic rings. The van der Waals surface area contributed by atoms with Gasteiger partial charge in [-0.1, -0.05) is 6.92 Å². The van der Waals surface area contributed by atoms with Gasteiger partial charge in [-0.05, 0) is 0 Å². The van der Waals surface area contributed by atoms with Crippen molar-refractivity contribution < 1.29 is 0 Å². The zero-order valence-electron chi connectivity index (χ0n) is 9.81. The van der Waals surface area contributed by atoms with Crippen LogP contribution in [0, 0.1) is 0 Å². The third-order valence-electron chi connectivity index (χ3n) is 2.21. The quantitative estimate of drug-likeness (QED) is 0.534. The number of hydrogen-bond acceptors (Lipinski definition) is 6. The number of hydrogen-bond donors (Lipinski definition) is 3. The molecule has 2 heterocycles. The summed E-state index contributed by atoms with van der Waals surface area (Å²) < 4.78 is 1.71. The summed E-state index contributed by atoms with van der Waals surface area (Å²) in [6.07, 6.45) is 4.34. The fourth-order valence-electron chi connectivity index (χ4n) is 1.43. The summed E-state index contributed by atoms with van der Waals surface area (Å²) in [4.78, 5) is 8.56. The molecule has 0 fully saturated rings. The van der Waals surface area contributed by atoms with Crippen molar-refractivity contribution in [3.8, 4) is 0 Å². The first-order chi connectivity index (χ1) is 8.21. The second-order valence-corrected chi connectivity index (χ2v) is 3.58. The number of nitrogens with one attached hydrogen (secondary N) is 2. The molecule has 0 saturated heterocycles. The Morgan fingerprint density at radius 3 is 2.71 bits per heavy atom.